The second kappa shape index (κ2) is 7.65. The van der Waals surface area contributed by atoms with Crippen LogP contribution in [0.2, 0.25) is 0 Å². The minimum absolute atomic E-state index is 0.124. The second-order valence-corrected chi connectivity index (χ2v) is 5.87. The summed E-state index contributed by atoms with van der Waals surface area (Å²) >= 11 is 0. The molecule has 136 valence electrons. The lowest BCUT2D eigenvalue weighted by Gasteiger charge is -2.13. The third kappa shape index (κ3) is 4.27. The van der Waals surface area contributed by atoms with Gasteiger partial charge >= 0.3 is 5.97 Å². The predicted molar refractivity (Wildman–Crippen MR) is 100 cm³/mol. The zero-order valence-corrected chi connectivity index (χ0v) is 14.5. The molecule has 1 aromatic heterocycles. The molecule has 0 fully saturated rings. The molecule has 0 saturated carbocycles. The molecule has 0 saturated heterocycles. The summed E-state index contributed by atoms with van der Waals surface area (Å²) in [7, 11) is 0. The number of benzene rings is 2. The van der Waals surface area contributed by atoms with E-state index in [1.54, 1.807) is 18.2 Å². The number of carbonyl (C=O) groups is 3. The van der Waals surface area contributed by atoms with Crippen LogP contribution in [0.15, 0.2) is 60.7 Å². The summed E-state index contributed by atoms with van der Waals surface area (Å²) in [6.07, 6.45) is -1.03. The summed E-state index contributed by atoms with van der Waals surface area (Å²) in [4.78, 5) is 39.8. The largest absolute Gasteiger partial charge is 0.448 e. The molecule has 1 heterocycles. The van der Waals surface area contributed by atoms with Crippen molar-refractivity contribution in [3.05, 3.63) is 71.9 Å². The van der Waals surface area contributed by atoms with Crippen LogP contribution in [0.5, 0.6) is 0 Å². The van der Waals surface area contributed by atoms with Gasteiger partial charge in [0, 0.05) is 16.6 Å². The van der Waals surface area contributed by atoms with Gasteiger partial charge in [-0.1, -0.05) is 24.3 Å². The van der Waals surface area contributed by atoms with Gasteiger partial charge in [0.2, 0.25) is 5.91 Å². The number of primary amides is 1. The van der Waals surface area contributed by atoms with Gasteiger partial charge in [0.05, 0.1) is 5.52 Å². The SMILES string of the molecule is C[C@H](OC(=O)c1ccc2ccccc2n1)C(=O)Nc1ccc(C(N)=O)cc1. The average molecular weight is 363 g/mol. The van der Waals surface area contributed by atoms with E-state index in [4.69, 9.17) is 10.5 Å². The van der Waals surface area contributed by atoms with E-state index < -0.39 is 23.9 Å². The number of hydrogen-bond donors (Lipinski definition) is 2. The molecule has 0 aliphatic carbocycles. The lowest BCUT2D eigenvalue weighted by atomic mass is 10.2. The van der Waals surface area contributed by atoms with Gasteiger partial charge in [-0.2, -0.15) is 0 Å². The number of esters is 1. The highest BCUT2D eigenvalue weighted by atomic mass is 16.5. The van der Waals surface area contributed by atoms with Crippen molar-refractivity contribution in [3.63, 3.8) is 0 Å². The summed E-state index contributed by atoms with van der Waals surface area (Å²) in [5.41, 5.74) is 6.74. The summed E-state index contributed by atoms with van der Waals surface area (Å²) in [5.74, 6) is -1.75. The average Bonchev–Trinajstić information content (AvgIpc) is 2.67. The van der Waals surface area contributed by atoms with E-state index in [0.717, 1.165) is 5.39 Å². The normalized spacial score (nSPS) is 11.6. The third-order valence-corrected chi connectivity index (χ3v) is 3.90. The van der Waals surface area contributed by atoms with E-state index in [1.165, 1.54) is 31.2 Å². The van der Waals surface area contributed by atoms with Crippen LogP contribution in [-0.4, -0.2) is 28.9 Å². The van der Waals surface area contributed by atoms with Crippen molar-refractivity contribution < 1.29 is 19.1 Å². The molecule has 3 N–H and O–H groups in total. The first kappa shape index (κ1) is 18.1. The Morgan fingerprint density at radius 3 is 2.41 bits per heavy atom. The number of amides is 2. The summed E-state index contributed by atoms with van der Waals surface area (Å²) < 4.78 is 5.19. The fourth-order valence-corrected chi connectivity index (χ4v) is 2.42. The molecule has 0 radical (unpaired) electrons. The molecule has 2 amide bonds. The quantitative estimate of drug-likeness (QED) is 0.677. The molecule has 7 nitrogen and oxygen atoms in total. The van der Waals surface area contributed by atoms with E-state index in [1.807, 2.05) is 18.2 Å². The van der Waals surface area contributed by atoms with Crippen molar-refractivity contribution in [2.45, 2.75) is 13.0 Å². The highest BCUT2D eigenvalue weighted by molar-refractivity contribution is 5.98. The Bertz CT molecular complexity index is 1020. The zero-order chi connectivity index (χ0) is 19.4. The number of pyridine rings is 1. The fraction of sp³-hybridized carbons (Fsp3) is 0.100. The van der Waals surface area contributed by atoms with Gasteiger partial charge in [0.1, 0.15) is 5.69 Å². The van der Waals surface area contributed by atoms with E-state index in [9.17, 15) is 14.4 Å². The molecule has 27 heavy (non-hydrogen) atoms. The number of hydrogen-bond acceptors (Lipinski definition) is 5. The number of carbonyl (C=O) groups excluding carboxylic acids is 3. The number of aromatic nitrogens is 1. The number of nitrogens with two attached hydrogens (primary N) is 1. The molecular weight excluding hydrogens is 346 g/mol. The Labute approximate surface area is 155 Å². The lowest BCUT2D eigenvalue weighted by Crippen LogP contribution is -2.30. The smallest absolute Gasteiger partial charge is 0.357 e. The standard InChI is InChI=1S/C20H17N3O4/c1-12(19(25)22-15-9-6-14(7-10-15)18(21)24)27-20(26)17-11-8-13-4-2-3-5-16(13)23-17/h2-12H,1H3,(H2,21,24)(H,22,25)/t12-/m0/s1. The molecule has 2 aromatic carbocycles. The molecule has 0 aliphatic heterocycles. The van der Waals surface area contributed by atoms with Crippen molar-refractivity contribution in [1.29, 1.82) is 0 Å². The van der Waals surface area contributed by atoms with Gasteiger partial charge in [-0.05, 0) is 43.3 Å². The second-order valence-electron chi connectivity index (χ2n) is 5.87. The van der Waals surface area contributed by atoms with Crippen LogP contribution in [-0.2, 0) is 9.53 Å². The molecular formula is C20H17N3O4. The molecule has 0 aliphatic rings. The first-order valence-electron chi connectivity index (χ1n) is 8.21. The number of ether oxygens (including phenoxy) is 1. The first-order valence-corrected chi connectivity index (χ1v) is 8.21. The number of nitrogens with zero attached hydrogens (tertiary/aromatic N) is 1. The minimum atomic E-state index is -1.03. The summed E-state index contributed by atoms with van der Waals surface area (Å²) in [6, 6.07) is 16.8. The Morgan fingerprint density at radius 1 is 1.00 bits per heavy atom. The molecule has 1 atom stereocenters. The zero-order valence-electron chi connectivity index (χ0n) is 14.5. The molecule has 0 spiro atoms. The minimum Gasteiger partial charge on any atom is -0.448 e. The maximum atomic E-state index is 12.3. The van der Waals surface area contributed by atoms with E-state index in [2.05, 4.69) is 10.3 Å². The van der Waals surface area contributed by atoms with Gasteiger partial charge < -0.3 is 15.8 Å². The first-order chi connectivity index (χ1) is 12.9. The molecule has 3 aromatic rings. The van der Waals surface area contributed by atoms with Gasteiger partial charge in [0.25, 0.3) is 5.91 Å². The van der Waals surface area contributed by atoms with Crippen molar-refractivity contribution in [2.24, 2.45) is 5.73 Å². The van der Waals surface area contributed by atoms with Crippen LogP contribution in [0.25, 0.3) is 10.9 Å². The van der Waals surface area contributed by atoms with Crippen molar-refractivity contribution >= 4 is 34.4 Å². The third-order valence-electron chi connectivity index (χ3n) is 3.90. The molecule has 3 rings (SSSR count). The van der Waals surface area contributed by atoms with E-state index in [-0.39, 0.29) is 5.69 Å². The van der Waals surface area contributed by atoms with Crippen LogP contribution in [0.1, 0.15) is 27.8 Å². The molecule has 0 unspecified atom stereocenters. The van der Waals surface area contributed by atoms with Gasteiger partial charge in [-0.15, -0.1) is 0 Å². The number of fused-ring (bicyclic) bond motifs is 1. The Morgan fingerprint density at radius 2 is 1.70 bits per heavy atom. The predicted octanol–water partition coefficient (Wildman–Crippen LogP) is 2.52. The summed E-state index contributed by atoms with van der Waals surface area (Å²) in [6.45, 7) is 1.46. The van der Waals surface area contributed by atoms with E-state index >= 15 is 0 Å². The van der Waals surface area contributed by atoms with Gasteiger partial charge in [-0.25, -0.2) is 9.78 Å². The molecule has 0 bridgehead atoms. The van der Waals surface area contributed by atoms with Crippen LogP contribution in [0, 0.1) is 0 Å². The fourth-order valence-electron chi connectivity index (χ4n) is 2.42. The highest BCUT2D eigenvalue weighted by Gasteiger charge is 2.20. The molecule has 7 heteroatoms. The van der Waals surface area contributed by atoms with Crippen LogP contribution < -0.4 is 11.1 Å². The Hall–Kier alpha value is -3.74. The topological polar surface area (TPSA) is 111 Å². The lowest BCUT2D eigenvalue weighted by molar-refractivity contribution is -0.123. The van der Waals surface area contributed by atoms with Crippen molar-refractivity contribution in [3.8, 4) is 0 Å². The monoisotopic (exact) mass is 363 g/mol. The van der Waals surface area contributed by atoms with E-state index in [0.29, 0.717) is 16.8 Å². The van der Waals surface area contributed by atoms with Crippen molar-refractivity contribution in [1.82, 2.24) is 4.98 Å². The van der Waals surface area contributed by atoms with Gasteiger partial charge in [-0.3, -0.25) is 9.59 Å². The Balaban J connectivity index is 1.64. The number of anilines is 1. The Kier molecular flexibility index (Phi) is 5.12. The maximum Gasteiger partial charge on any atom is 0.357 e. The van der Waals surface area contributed by atoms with Crippen LogP contribution in [0.3, 0.4) is 0 Å². The number of rotatable bonds is 5. The van der Waals surface area contributed by atoms with Gasteiger partial charge in [0.15, 0.2) is 6.10 Å². The van der Waals surface area contributed by atoms with Crippen LogP contribution >= 0.6 is 0 Å². The maximum absolute atomic E-state index is 12.3. The van der Waals surface area contributed by atoms with Crippen LogP contribution in [0.4, 0.5) is 5.69 Å². The number of para-hydroxylation sites is 1. The number of nitrogens with one attached hydrogen (secondary N) is 1. The van der Waals surface area contributed by atoms with Crippen molar-refractivity contribution in [2.75, 3.05) is 5.32 Å². The summed E-state index contributed by atoms with van der Waals surface area (Å²) in [5, 5.41) is 3.51. The highest BCUT2D eigenvalue weighted by Crippen LogP contribution is 2.14.